The lowest BCUT2D eigenvalue weighted by atomic mass is 9.70. The number of allylic oxidation sites excluding steroid dienone is 3. The normalized spacial score (nSPS) is 34.2. The maximum Gasteiger partial charge on any atom is 0.331 e. The molecule has 3 fully saturated rings. The molecule has 4 rings (SSSR count). The van der Waals surface area contributed by atoms with Gasteiger partial charge in [0, 0.05) is 56.3 Å². The molecule has 0 aliphatic carbocycles. The van der Waals surface area contributed by atoms with Gasteiger partial charge in [0.2, 0.25) is 5.79 Å². The van der Waals surface area contributed by atoms with Crippen LogP contribution in [0, 0.1) is 10.8 Å². The van der Waals surface area contributed by atoms with Gasteiger partial charge in [0.25, 0.3) is 0 Å². The lowest BCUT2D eigenvalue weighted by Crippen LogP contribution is -2.62. The summed E-state index contributed by atoms with van der Waals surface area (Å²) in [7, 11) is 2.40. The van der Waals surface area contributed by atoms with Crippen LogP contribution in [0.3, 0.4) is 0 Å². The van der Waals surface area contributed by atoms with E-state index in [0.29, 0.717) is 5.57 Å². The zero-order valence-electron chi connectivity index (χ0n) is 38.5. The molecule has 382 valence electrons. The third-order valence-corrected chi connectivity index (χ3v) is 12.4. The van der Waals surface area contributed by atoms with Crippen molar-refractivity contribution in [3.63, 3.8) is 0 Å². The minimum Gasteiger partial charge on any atom is -0.466 e. The van der Waals surface area contributed by atoms with Crippen LogP contribution in [0.4, 0.5) is 0 Å². The SMILES string of the molecule is C.C.C.CCC/C=C/C=C/C(=O)O[C@H]1/C(=C/C(=O)OC)C[C@H]2C[C@H]([C@@H](C)O)OC(=O)C[C@H](O)C[C@@H]3C[C@H](OC(C)=O)C(C)(C)[C@](O)(C[C@@H]4C/C(=C/C(=O)OC)C[C@H](/C=C/C(C)(C)[C@]1(O)O2)O4)O3. The van der Waals surface area contributed by atoms with Crippen LogP contribution in [-0.4, -0.2) is 131 Å². The Hall–Kier alpha value is -4.23. The standard InChI is InChI=1S/C47H68O17.3CH4/c1-10-11-12-13-14-15-39(51)62-43-31(22-41(53)58-9)21-34-25-37(28(2)48)61-42(54)24-32(50)23-35-26-38(59-29(3)49)45(6,7)46(55,63-35)27-36-19-30(20-40(52)57-8)18-33(60-36)16-17-44(4,5)47(43,56)64-34;;;/h12-17,20,22,28,32-38,43,48,50,55-56H,10-11,18-19,21,23-27H2,1-9H3;3*1H4/b13-12+,15-14+,17-16+,30-20+,31-22+;;;/t28-,32-,33+,34+,35-,36+,37-,38+,43+,46+,47-;;;/m1.../s1. The van der Waals surface area contributed by atoms with E-state index in [4.69, 9.17) is 37.9 Å². The van der Waals surface area contributed by atoms with Gasteiger partial charge >= 0.3 is 29.8 Å². The summed E-state index contributed by atoms with van der Waals surface area (Å²) >= 11 is 0. The minimum atomic E-state index is -2.47. The van der Waals surface area contributed by atoms with Crippen molar-refractivity contribution in [2.75, 3.05) is 14.2 Å². The number of esters is 5. The largest absolute Gasteiger partial charge is 0.466 e. The van der Waals surface area contributed by atoms with E-state index in [1.165, 1.54) is 33.1 Å². The van der Waals surface area contributed by atoms with Gasteiger partial charge in [0.15, 0.2) is 11.9 Å². The first-order valence-electron chi connectivity index (χ1n) is 21.9. The van der Waals surface area contributed by atoms with Crippen molar-refractivity contribution in [1.82, 2.24) is 0 Å². The molecule has 0 saturated carbocycles. The van der Waals surface area contributed by atoms with Crippen molar-refractivity contribution in [3.05, 3.63) is 59.8 Å². The van der Waals surface area contributed by atoms with Crippen LogP contribution in [0.2, 0.25) is 0 Å². The van der Waals surface area contributed by atoms with Crippen LogP contribution in [0.15, 0.2) is 59.8 Å². The minimum absolute atomic E-state index is 0. The Morgan fingerprint density at radius 3 is 2.12 bits per heavy atom. The maximum atomic E-state index is 13.4. The lowest BCUT2D eigenvalue weighted by molar-refractivity contribution is -0.348. The van der Waals surface area contributed by atoms with E-state index in [2.05, 4.69) is 0 Å². The number of fused-ring (bicyclic) bond motifs is 6. The average Bonchev–Trinajstić information content (AvgIpc) is 3.19. The van der Waals surface area contributed by atoms with Gasteiger partial charge in [-0.15, -0.1) is 0 Å². The Morgan fingerprint density at radius 2 is 1.51 bits per heavy atom. The topological polar surface area (TPSA) is 240 Å². The van der Waals surface area contributed by atoms with E-state index in [9.17, 15) is 44.4 Å². The molecule has 0 spiro atoms. The summed E-state index contributed by atoms with van der Waals surface area (Å²) in [6.45, 7) is 11.2. The third-order valence-electron chi connectivity index (χ3n) is 12.4. The zero-order valence-corrected chi connectivity index (χ0v) is 38.5. The van der Waals surface area contributed by atoms with Crippen LogP contribution in [0.25, 0.3) is 0 Å². The Morgan fingerprint density at radius 1 is 0.851 bits per heavy atom. The second-order valence-electron chi connectivity index (χ2n) is 18.3. The summed E-state index contributed by atoms with van der Waals surface area (Å²) in [6.07, 6.45) is 2.55. The molecule has 17 heteroatoms. The number of cyclic esters (lactones) is 1. The molecule has 0 aromatic rings. The highest BCUT2D eigenvalue weighted by Crippen LogP contribution is 2.50. The molecular weight excluding hydrogens is 873 g/mol. The van der Waals surface area contributed by atoms with E-state index in [0.717, 1.165) is 32.1 Å². The molecule has 0 aromatic heterocycles. The first-order chi connectivity index (χ1) is 29.9. The molecule has 0 aromatic carbocycles. The van der Waals surface area contributed by atoms with E-state index in [1.54, 1.807) is 45.9 Å². The van der Waals surface area contributed by atoms with Crippen molar-refractivity contribution >= 4 is 29.8 Å². The van der Waals surface area contributed by atoms with Gasteiger partial charge in [-0.1, -0.05) is 99.3 Å². The Labute approximate surface area is 397 Å². The van der Waals surface area contributed by atoms with Crippen molar-refractivity contribution in [2.45, 2.75) is 201 Å². The predicted molar refractivity (Wildman–Crippen MR) is 249 cm³/mol. The number of carbonyl (C=O) groups excluding carboxylic acids is 5. The zero-order chi connectivity index (χ0) is 47.6. The number of hydrogen-bond donors (Lipinski definition) is 4. The summed E-state index contributed by atoms with van der Waals surface area (Å²) in [4.78, 5) is 64.7. The molecule has 4 aliphatic heterocycles. The van der Waals surface area contributed by atoms with Gasteiger partial charge in [-0.05, 0) is 38.2 Å². The molecule has 0 unspecified atom stereocenters. The average molecular weight is 953 g/mol. The number of aliphatic hydroxyl groups is 4. The quantitative estimate of drug-likeness (QED) is 0.0662. The second-order valence-corrected chi connectivity index (χ2v) is 18.3. The molecule has 67 heavy (non-hydrogen) atoms. The first-order valence-corrected chi connectivity index (χ1v) is 21.9. The van der Waals surface area contributed by atoms with Gasteiger partial charge in [0.1, 0.15) is 12.2 Å². The molecule has 0 radical (unpaired) electrons. The van der Waals surface area contributed by atoms with Crippen LogP contribution < -0.4 is 0 Å². The molecule has 4 aliphatic rings. The smallest absolute Gasteiger partial charge is 0.331 e. The van der Waals surface area contributed by atoms with E-state index < -0.39 is 114 Å². The van der Waals surface area contributed by atoms with E-state index in [1.807, 2.05) is 13.0 Å². The van der Waals surface area contributed by atoms with Crippen LogP contribution in [0.1, 0.15) is 135 Å². The number of unbranched alkanes of at least 4 members (excludes halogenated alkanes) is 1. The molecule has 17 nitrogen and oxygen atoms in total. The van der Waals surface area contributed by atoms with Gasteiger partial charge in [0.05, 0.1) is 62.7 Å². The Kier molecular flexibility index (Phi) is 23.5. The first kappa shape index (κ1) is 60.8. The fourth-order valence-electron chi connectivity index (χ4n) is 8.57. The van der Waals surface area contributed by atoms with Crippen LogP contribution in [0.5, 0.6) is 0 Å². The summed E-state index contributed by atoms with van der Waals surface area (Å²) in [5.74, 6) is -8.31. The highest BCUT2D eigenvalue weighted by Gasteiger charge is 2.59. The van der Waals surface area contributed by atoms with E-state index >= 15 is 0 Å². The fraction of sp³-hybridized carbons (Fsp3) is 0.700. The van der Waals surface area contributed by atoms with Crippen molar-refractivity contribution in [3.8, 4) is 0 Å². The van der Waals surface area contributed by atoms with Gasteiger partial charge in [-0.3, -0.25) is 9.59 Å². The second kappa shape index (κ2) is 25.9. The molecule has 4 heterocycles. The molecule has 0 amide bonds. The van der Waals surface area contributed by atoms with E-state index in [-0.39, 0.29) is 72.8 Å². The lowest BCUT2D eigenvalue weighted by Gasteiger charge is -2.53. The fourth-order valence-corrected chi connectivity index (χ4v) is 8.57. The molecule has 3 saturated heterocycles. The maximum absolute atomic E-state index is 13.4. The molecule has 4 N–H and O–H groups in total. The van der Waals surface area contributed by atoms with Crippen molar-refractivity contribution in [2.24, 2.45) is 10.8 Å². The number of aliphatic hydroxyl groups excluding tert-OH is 2. The van der Waals surface area contributed by atoms with Crippen molar-refractivity contribution < 1.29 is 82.3 Å². The van der Waals surface area contributed by atoms with Crippen molar-refractivity contribution in [1.29, 1.82) is 0 Å². The number of hydrogen-bond acceptors (Lipinski definition) is 17. The van der Waals surface area contributed by atoms with Gasteiger partial charge in [-0.2, -0.15) is 0 Å². The summed E-state index contributed by atoms with van der Waals surface area (Å²) < 4.78 is 46.7. The number of ether oxygens (including phenoxy) is 8. The molecule has 11 atom stereocenters. The highest BCUT2D eigenvalue weighted by atomic mass is 16.7. The highest BCUT2D eigenvalue weighted by molar-refractivity contribution is 5.85. The molecular formula is C50H80O17. The summed E-state index contributed by atoms with van der Waals surface area (Å²) in [5, 5.41) is 47.5. The third kappa shape index (κ3) is 15.9. The number of carbonyl (C=O) groups is 5. The predicted octanol–water partition coefficient (Wildman–Crippen LogP) is 6.19. The number of rotatable bonds is 9. The van der Waals surface area contributed by atoms with Gasteiger partial charge < -0.3 is 58.3 Å². The van der Waals surface area contributed by atoms with Gasteiger partial charge in [-0.25, -0.2) is 14.4 Å². The Bertz CT molecular complexity index is 1830. The monoisotopic (exact) mass is 953 g/mol. The molecule has 6 bridgehead atoms. The Balaban J connectivity index is 0.00000748. The summed E-state index contributed by atoms with van der Waals surface area (Å²) in [5.41, 5.74) is -2.06. The summed E-state index contributed by atoms with van der Waals surface area (Å²) in [6, 6.07) is 0. The number of methoxy groups -OCH3 is 2. The van der Waals surface area contributed by atoms with Crippen LogP contribution in [-0.2, 0) is 61.9 Å². The van der Waals surface area contributed by atoms with Crippen LogP contribution >= 0.6 is 0 Å².